The Morgan fingerprint density at radius 2 is 2.33 bits per heavy atom. The second-order valence-electron chi connectivity index (χ2n) is 3.92. The van der Waals surface area contributed by atoms with Crippen LogP contribution in [-0.2, 0) is 4.79 Å². The Morgan fingerprint density at radius 3 is 2.83 bits per heavy atom. The molecule has 1 radical (unpaired) electrons. The van der Waals surface area contributed by atoms with E-state index in [2.05, 4.69) is 4.98 Å². The van der Waals surface area contributed by atoms with E-state index in [0.717, 1.165) is 30.4 Å². The van der Waals surface area contributed by atoms with Crippen molar-refractivity contribution in [3.8, 4) is 0 Å². The minimum absolute atomic E-state index is 0.00826. The number of carbonyl (C=O) groups is 1. The van der Waals surface area contributed by atoms with Crippen molar-refractivity contribution in [2.24, 2.45) is 0 Å². The number of nitrogens with zero attached hydrogens (tertiary/aromatic N) is 3. The van der Waals surface area contributed by atoms with E-state index in [0.29, 0.717) is 6.54 Å². The lowest BCUT2D eigenvalue weighted by Crippen LogP contribution is -2.32. The van der Waals surface area contributed by atoms with Crippen molar-refractivity contribution in [3.05, 3.63) is 40.2 Å². The normalized spacial score (nSPS) is 15.9. The van der Waals surface area contributed by atoms with Crippen molar-refractivity contribution < 1.29 is 9.72 Å². The van der Waals surface area contributed by atoms with E-state index in [1.54, 1.807) is 6.07 Å². The summed E-state index contributed by atoms with van der Waals surface area (Å²) >= 11 is 0. The molecule has 1 aliphatic heterocycles. The molecule has 0 spiro atoms. The van der Waals surface area contributed by atoms with Gasteiger partial charge in [0.15, 0.2) is 0 Å². The van der Waals surface area contributed by atoms with Gasteiger partial charge in [-0.1, -0.05) is 6.08 Å². The lowest BCUT2D eigenvalue weighted by Gasteiger charge is -2.23. The number of rotatable bonds is 4. The fourth-order valence-corrected chi connectivity index (χ4v) is 1.82. The van der Waals surface area contributed by atoms with Crippen LogP contribution in [0, 0.1) is 10.1 Å². The molecule has 2 heterocycles. The van der Waals surface area contributed by atoms with Gasteiger partial charge in [0.05, 0.1) is 16.8 Å². The predicted octanol–water partition coefficient (Wildman–Crippen LogP) is 0.888. The van der Waals surface area contributed by atoms with Crippen LogP contribution >= 0.6 is 0 Å². The molecule has 2 rings (SSSR count). The summed E-state index contributed by atoms with van der Waals surface area (Å²) in [4.78, 5) is 26.4. The highest BCUT2D eigenvalue weighted by molar-refractivity contribution is 6.64. The van der Waals surface area contributed by atoms with Crippen LogP contribution in [0.15, 0.2) is 24.4 Å². The lowest BCUT2D eigenvalue weighted by molar-refractivity contribution is -0.385. The van der Waals surface area contributed by atoms with Gasteiger partial charge in [-0.25, -0.2) is 4.98 Å². The molecule has 7 heteroatoms. The van der Waals surface area contributed by atoms with E-state index in [1.807, 2.05) is 10.9 Å². The first-order chi connectivity index (χ1) is 8.70. The zero-order valence-electron chi connectivity index (χ0n) is 9.65. The number of pyridine rings is 1. The van der Waals surface area contributed by atoms with Gasteiger partial charge in [0.25, 0.3) is 13.1 Å². The SMILES string of the molecule is O=C[B]N1CC=C(c2ccc([N+](=O)[O-])cn2)CC1. The second kappa shape index (κ2) is 5.55. The first-order valence-corrected chi connectivity index (χ1v) is 5.53. The standard InChI is InChI=1S/C11H11BN3O3/c16-8-12-14-5-3-9(4-6-14)11-2-1-10(7-13-11)15(17)18/h1-3,7-8H,4-6H2. The van der Waals surface area contributed by atoms with Crippen molar-refractivity contribution in [1.82, 2.24) is 9.79 Å². The van der Waals surface area contributed by atoms with Gasteiger partial charge < -0.3 is 9.61 Å². The summed E-state index contributed by atoms with van der Waals surface area (Å²) in [7, 11) is 1.51. The number of carbonyl (C=O) groups excluding carboxylic acids is 1. The van der Waals surface area contributed by atoms with Gasteiger partial charge in [-0.05, 0) is 24.6 Å². The highest BCUT2D eigenvalue weighted by atomic mass is 16.6. The van der Waals surface area contributed by atoms with E-state index in [4.69, 9.17) is 0 Å². The Kier molecular flexibility index (Phi) is 3.83. The topological polar surface area (TPSA) is 76.3 Å². The average Bonchev–Trinajstić information content (AvgIpc) is 2.40. The molecule has 0 fully saturated rings. The van der Waals surface area contributed by atoms with Gasteiger partial charge in [-0.2, -0.15) is 0 Å². The molecule has 0 atom stereocenters. The first kappa shape index (κ1) is 12.4. The van der Waals surface area contributed by atoms with Crippen molar-refractivity contribution in [3.63, 3.8) is 0 Å². The maximum atomic E-state index is 10.5. The van der Waals surface area contributed by atoms with Crippen LogP contribution in [-0.4, -0.2) is 41.4 Å². The first-order valence-electron chi connectivity index (χ1n) is 5.53. The molecule has 0 aliphatic carbocycles. The fraction of sp³-hybridized carbons (Fsp3) is 0.273. The molecular formula is C11H11BN3O3. The van der Waals surface area contributed by atoms with Crippen LogP contribution in [0.2, 0.25) is 0 Å². The number of aromatic nitrogens is 1. The average molecular weight is 244 g/mol. The van der Waals surface area contributed by atoms with Gasteiger partial charge in [0, 0.05) is 12.6 Å². The predicted molar refractivity (Wildman–Crippen MR) is 67.6 cm³/mol. The van der Waals surface area contributed by atoms with Crippen molar-refractivity contribution in [2.75, 3.05) is 13.1 Å². The molecule has 0 unspecified atom stereocenters. The van der Waals surface area contributed by atoms with Crippen LogP contribution in [0.3, 0.4) is 0 Å². The highest BCUT2D eigenvalue weighted by Gasteiger charge is 2.14. The molecular weight excluding hydrogens is 233 g/mol. The summed E-state index contributed by atoms with van der Waals surface area (Å²) < 4.78 is 0. The van der Waals surface area contributed by atoms with Crippen molar-refractivity contribution >= 4 is 24.9 Å². The monoisotopic (exact) mass is 244 g/mol. The lowest BCUT2D eigenvalue weighted by atomic mass is 9.90. The summed E-state index contributed by atoms with van der Waals surface area (Å²) in [6, 6.07) is 3.11. The molecule has 1 aromatic heterocycles. The summed E-state index contributed by atoms with van der Waals surface area (Å²) in [5, 5.41) is 10.5. The van der Waals surface area contributed by atoms with Crippen LogP contribution in [0.4, 0.5) is 5.69 Å². The van der Waals surface area contributed by atoms with Gasteiger partial charge >= 0.3 is 0 Å². The summed E-state index contributed by atoms with van der Waals surface area (Å²) in [5.74, 6) is 0. The van der Waals surface area contributed by atoms with Gasteiger partial charge in [0.1, 0.15) is 6.20 Å². The Morgan fingerprint density at radius 1 is 1.50 bits per heavy atom. The highest BCUT2D eigenvalue weighted by Crippen LogP contribution is 2.21. The van der Waals surface area contributed by atoms with Crippen LogP contribution < -0.4 is 0 Å². The number of hydrogen-bond donors (Lipinski definition) is 0. The summed E-state index contributed by atoms with van der Waals surface area (Å²) in [6.07, 6.45) is 4.79. The van der Waals surface area contributed by atoms with Crippen LogP contribution in [0.5, 0.6) is 0 Å². The zero-order chi connectivity index (χ0) is 13.0. The van der Waals surface area contributed by atoms with Gasteiger partial charge in [0.2, 0.25) is 0 Å². The molecule has 6 nitrogen and oxygen atoms in total. The molecule has 1 aliphatic rings. The minimum atomic E-state index is -0.465. The Labute approximate surface area is 105 Å². The quantitative estimate of drug-likeness (QED) is 0.340. The largest absolute Gasteiger partial charge is 0.336 e. The van der Waals surface area contributed by atoms with Gasteiger partial charge in [-0.3, -0.25) is 10.1 Å². The third kappa shape index (κ3) is 2.81. The molecule has 0 amide bonds. The smallest absolute Gasteiger partial charge is 0.293 e. The number of hydrogen-bond acceptors (Lipinski definition) is 5. The summed E-state index contributed by atoms with van der Waals surface area (Å²) in [6.45, 7) is 1.41. The van der Waals surface area contributed by atoms with E-state index < -0.39 is 4.92 Å². The molecule has 0 aromatic carbocycles. The summed E-state index contributed by atoms with van der Waals surface area (Å²) in [5.41, 5.74) is 1.80. The second-order valence-corrected chi connectivity index (χ2v) is 3.92. The third-order valence-electron chi connectivity index (χ3n) is 2.80. The molecule has 0 N–H and O–H groups in total. The van der Waals surface area contributed by atoms with E-state index in [-0.39, 0.29) is 5.69 Å². The minimum Gasteiger partial charge on any atom is -0.336 e. The fourth-order valence-electron chi connectivity index (χ4n) is 1.82. The maximum absolute atomic E-state index is 10.5. The molecule has 18 heavy (non-hydrogen) atoms. The van der Waals surface area contributed by atoms with Gasteiger partial charge in [-0.15, -0.1) is 0 Å². The maximum Gasteiger partial charge on any atom is 0.293 e. The molecule has 0 saturated heterocycles. The van der Waals surface area contributed by atoms with Crippen molar-refractivity contribution in [1.29, 1.82) is 0 Å². The Balaban J connectivity index is 2.08. The van der Waals surface area contributed by atoms with E-state index in [1.165, 1.54) is 19.7 Å². The van der Waals surface area contributed by atoms with Crippen LogP contribution in [0.1, 0.15) is 12.1 Å². The van der Waals surface area contributed by atoms with Crippen LogP contribution in [0.25, 0.3) is 5.57 Å². The zero-order valence-corrected chi connectivity index (χ0v) is 9.65. The molecule has 0 bridgehead atoms. The van der Waals surface area contributed by atoms with E-state index >= 15 is 0 Å². The van der Waals surface area contributed by atoms with Crippen molar-refractivity contribution in [2.45, 2.75) is 6.42 Å². The van der Waals surface area contributed by atoms with E-state index in [9.17, 15) is 14.9 Å². The molecule has 91 valence electrons. The molecule has 1 aromatic rings. The third-order valence-corrected chi connectivity index (χ3v) is 2.80. The Bertz CT molecular complexity index is 487. The molecule has 0 saturated carbocycles. The Hall–Kier alpha value is -2.02. The number of nitro groups is 1.